The molecule has 23 heavy (non-hydrogen) atoms. The van der Waals surface area contributed by atoms with Crippen LogP contribution in [0.5, 0.6) is 0 Å². The van der Waals surface area contributed by atoms with Gasteiger partial charge in [0.15, 0.2) is 5.13 Å². The second-order valence-electron chi connectivity index (χ2n) is 5.35. The number of amides is 1. The van der Waals surface area contributed by atoms with Crippen molar-refractivity contribution in [2.45, 2.75) is 20.8 Å². The highest BCUT2D eigenvalue weighted by Crippen LogP contribution is 2.25. The zero-order valence-electron chi connectivity index (χ0n) is 13.1. The van der Waals surface area contributed by atoms with Gasteiger partial charge in [0.1, 0.15) is 0 Å². The Morgan fingerprint density at radius 2 is 1.87 bits per heavy atom. The Hall–Kier alpha value is -2.11. The van der Waals surface area contributed by atoms with E-state index >= 15 is 0 Å². The standard InChI is InChI=1S/C17H16ClN3OS/c1-10-4-5-11(2)21(10)13-6-7-15(18)14(8-13)16(22)20-17-19-9-12(3)23-17/h4-9H,1-3H3,(H,19,20,22). The molecular weight excluding hydrogens is 330 g/mol. The Labute approximate surface area is 143 Å². The molecular formula is C17H16ClN3OS. The fraction of sp³-hybridized carbons (Fsp3) is 0.176. The van der Waals surface area contributed by atoms with Gasteiger partial charge in [-0.3, -0.25) is 10.1 Å². The molecule has 0 aliphatic rings. The molecule has 0 atom stereocenters. The number of thiazole rings is 1. The van der Waals surface area contributed by atoms with E-state index in [1.54, 1.807) is 18.3 Å². The average Bonchev–Trinajstić information content (AvgIpc) is 3.06. The molecule has 2 aromatic heterocycles. The third-order valence-corrected chi connectivity index (χ3v) is 4.72. The van der Waals surface area contributed by atoms with Crippen LogP contribution in [0.1, 0.15) is 26.6 Å². The molecule has 0 unspecified atom stereocenters. The summed E-state index contributed by atoms with van der Waals surface area (Å²) in [6.45, 7) is 6.00. The molecule has 0 saturated heterocycles. The van der Waals surface area contributed by atoms with Crippen LogP contribution in [-0.2, 0) is 0 Å². The van der Waals surface area contributed by atoms with Gasteiger partial charge in [-0.05, 0) is 51.1 Å². The summed E-state index contributed by atoms with van der Waals surface area (Å²) in [6, 6.07) is 9.55. The van der Waals surface area contributed by atoms with Crippen molar-refractivity contribution in [3.05, 3.63) is 63.4 Å². The number of nitrogens with zero attached hydrogens (tertiary/aromatic N) is 2. The fourth-order valence-electron chi connectivity index (χ4n) is 2.48. The molecule has 0 aliphatic carbocycles. The van der Waals surface area contributed by atoms with E-state index in [1.165, 1.54) is 11.3 Å². The first-order valence-electron chi connectivity index (χ1n) is 7.14. The van der Waals surface area contributed by atoms with Gasteiger partial charge in [0.05, 0.1) is 10.6 Å². The van der Waals surface area contributed by atoms with Crippen LogP contribution in [-0.4, -0.2) is 15.5 Å². The monoisotopic (exact) mass is 345 g/mol. The van der Waals surface area contributed by atoms with E-state index in [0.717, 1.165) is 22.0 Å². The average molecular weight is 346 g/mol. The van der Waals surface area contributed by atoms with E-state index in [0.29, 0.717) is 15.7 Å². The summed E-state index contributed by atoms with van der Waals surface area (Å²) in [4.78, 5) is 17.7. The summed E-state index contributed by atoms with van der Waals surface area (Å²) in [5.41, 5.74) is 3.55. The van der Waals surface area contributed by atoms with Crippen molar-refractivity contribution in [2.75, 3.05) is 5.32 Å². The minimum Gasteiger partial charge on any atom is -0.318 e. The second-order valence-corrected chi connectivity index (χ2v) is 6.99. The van der Waals surface area contributed by atoms with Gasteiger partial charge in [0.25, 0.3) is 5.91 Å². The molecule has 1 amide bonds. The minimum absolute atomic E-state index is 0.256. The lowest BCUT2D eigenvalue weighted by Gasteiger charge is -2.12. The summed E-state index contributed by atoms with van der Waals surface area (Å²) < 4.78 is 2.08. The largest absolute Gasteiger partial charge is 0.318 e. The van der Waals surface area contributed by atoms with Crippen LogP contribution in [0.3, 0.4) is 0 Å². The van der Waals surface area contributed by atoms with Gasteiger partial charge < -0.3 is 4.57 Å². The van der Waals surface area contributed by atoms with Crippen LogP contribution in [0.25, 0.3) is 5.69 Å². The van der Waals surface area contributed by atoms with Crippen LogP contribution in [0.4, 0.5) is 5.13 Å². The Balaban J connectivity index is 1.96. The Kier molecular flexibility index (Phi) is 4.24. The smallest absolute Gasteiger partial charge is 0.259 e. The molecule has 3 aromatic rings. The molecule has 1 N–H and O–H groups in total. The molecule has 0 aliphatic heterocycles. The maximum absolute atomic E-state index is 12.5. The number of halogens is 1. The van der Waals surface area contributed by atoms with Crippen LogP contribution < -0.4 is 5.32 Å². The molecule has 6 heteroatoms. The van der Waals surface area contributed by atoms with Crippen LogP contribution in [0, 0.1) is 20.8 Å². The molecule has 0 radical (unpaired) electrons. The number of hydrogen-bond acceptors (Lipinski definition) is 3. The number of nitrogens with one attached hydrogen (secondary N) is 1. The molecule has 0 spiro atoms. The Morgan fingerprint density at radius 3 is 2.48 bits per heavy atom. The van der Waals surface area contributed by atoms with E-state index in [2.05, 4.69) is 14.9 Å². The molecule has 0 bridgehead atoms. The van der Waals surface area contributed by atoms with E-state index in [4.69, 9.17) is 11.6 Å². The van der Waals surface area contributed by atoms with Crippen LogP contribution >= 0.6 is 22.9 Å². The second kappa shape index (κ2) is 6.18. The molecule has 118 valence electrons. The van der Waals surface area contributed by atoms with E-state index in [-0.39, 0.29) is 5.91 Å². The summed E-state index contributed by atoms with van der Waals surface area (Å²) in [6.07, 6.45) is 1.73. The Bertz CT molecular complexity index is 862. The fourth-order valence-corrected chi connectivity index (χ4v) is 3.34. The topological polar surface area (TPSA) is 46.9 Å². The van der Waals surface area contributed by atoms with E-state index in [9.17, 15) is 4.79 Å². The van der Waals surface area contributed by atoms with Gasteiger partial charge in [-0.15, -0.1) is 11.3 Å². The highest BCUT2D eigenvalue weighted by atomic mass is 35.5. The third-order valence-electron chi connectivity index (χ3n) is 3.57. The van der Waals surface area contributed by atoms with E-state index < -0.39 is 0 Å². The van der Waals surface area contributed by atoms with Crippen molar-refractivity contribution in [3.63, 3.8) is 0 Å². The van der Waals surface area contributed by atoms with Crippen molar-refractivity contribution < 1.29 is 4.79 Å². The van der Waals surface area contributed by atoms with Gasteiger partial charge in [0.2, 0.25) is 0 Å². The first-order valence-corrected chi connectivity index (χ1v) is 8.34. The number of carbonyl (C=O) groups excluding carboxylic acids is 1. The lowest BCUT2D eigenvalue weighted by Crippen LogP contribution is -2.13. The molecule has 0 fully saturated rings. The van der Waals surface area contributed by atoms with Gasteiger partial charge in [0, 0.05) is 28.1 Å². The number of benzene rings is 1. The molecule has 3 rings (SSSR count). The summed E-state index contributed by atoms with van der Waals surface area (Å²) in [7, 11) is 0. The van der Waals surface area contributed by atoms with Gasteiger partial charge >= 0.3 is 0 Å². The maximum atomic E-state index is 12.5. The maximum Gasteiger partial charge on any atom is 0.259 e. The van der Waals surface area contributed by atoms with Crippen molar-refractivity contribution >= 4 is 34.0 Å². The lowest BCUT2D eigenvalue weighted by atomic mass is 10.1. The first-order chi connectivity index (χ1) is 11.0. The van der Waals surface area contributed by atoms with Crippen molar-refractivity contribution in [3.8, 4) is 5.69 Å². The van der Waals surface area contributed by atoms with Gasteiger partial charge in [-0.25, -0.2) is 4.98 Å². The predicted octanol–water partition coefficient (Wildman–Crippen LogP) is 4.76. The summed E-state index contributed by atoms with van der Waals surface area (Å²) >= 11 is 7.65. The third kappa shape index (κ3) is 3.16. The SMILES string of the molecule is Cc1cnc(NC(=O)c2cc(-n3c(C)ccc3C)ccc2Cl)s1. The summed E-state index contributed by atoms with van der Waals surface area (Å²) in [5, 5.41) is 3.79. The van der Waals surface area contributed by atoms with Crippen LogP contribution in [0.2, 0.25) is 5.02 Å². The number of aromatic nitrogens is 2. The van der Waals surface area contributed by atoms with Gasteiger partial charge in [-0.1, -0.05) is 11.6 Å². The molecule has 2 heterocycles. The number of anilines is 1. The van der Waals surface area contributed by atoms with Gasteiger partial charge in [-0.2, -0.15) is 0 Å². The number of rotatable bonds is 3. The van der Waals surface area contributed by atoms with Crippen molar-refractivity contribution in [1.29, 1.82) is 0 Å². The normalized spacial score (nSPS) is 10.8. The lowest BCUT2D eigenvalue weighted by molar-refractivity contribution is 0.102. The zero-order valence-corrected chi connectivity index (χ0v) is 14.6. The Morgan fingerprint density at radius 1 is 1.17 bits per heavy atom. The van der Waals surface area contributed by atoms with Crippen molar-refractivity contribution in [2.24, 2.45) is 0 Å². The van der Waals surface area contributed by atoms with Crippen LogP contribution in [0.15, 0.2) is 36.5 Å². The minimum atomic E-state index is -0.256. The highest BCUT2D eigenvalue weighted by Gasteiger charge is 2.14. The summed E-state index contributed by atoms with van der Waals surface area (Å²) in [5.74, 6) is -0.256. The van der Waals surface area contributed by atoms with Crippen molar-refractivity contribution in [1.82, 2.24) is 9.55 Å². The highest BCUT2D eigenvalue weighted by molar-refractivity contribution is 7.15. The van der Waals surface area contributed by atoms with E-state index in [1.807, 2.05) is 39.0 Å². The number of hydrogen-bond donors (Lipinski definition) is 1. The quantitative estimate of drug-likeness (QED) is 0.743. The predicted molar refractivity (Wildman–Crippen MR) is 95.1 cm³/mol. The first kappa shape index (κ1) is 15.8. The zero-order chi connectivity index (χ0) is 16.6. The number of carbonyl (C=O) groups is 1. The molecule has 0 saturated carbocycles. The molecule has 1 aromatic carbocycles. The molecule has 4 nitrogen and oxygen atoms in total. The number of aryl methyl sites for hydroxylation is 3.